The molecule has 2 heterocycles. The monoisotopic (exact) mass is 250 g/mol. The molecule has 0 aromatic rings. The van der Waals surface area contributed by atoms with E-state index in [0.29, 0.717) is 0 Å². The Morgan fingerprint density at radius 2 is 1.50 bits per heavy atom. The Hall–Kier alpha value is 1.56. The number of hydrogen-bond acceptors (Lipinski definition) is 2. The molecule has 2 saturated heterocycles. The Bertz CT molecular complexity index is 161. The minimum absolute atomic E-state index is 0. The number of nitrogens with zero attached hydrogens (tertiary/aromatic N) is 1. The van der Waals surface area contributed by atoms with Crippen LogP contribution in [-0.4, -0.2) is 38.1 Å². The Labute approximate surface area is 144 Å². The molecule has 0 bridgehead atoms. The summed E-state index contributed by atoms with van der Waals surface area (Å²) < 4.78 is 0. The quantitative estimate of drug-likeness (QED) is 0.508. The van der Waals surface area contributed by atoms with Gasteiger partial charge in [0.15, 0.2) is 0 Å². The maximum atomic E-state index is 3.45. The summed E-state index contributed by atoms with van der Waals surface area (Å²) in [5.74, 6) is 2.07. The van der Waals surface area contributed by atoms with E-state index in [1.54, 1.807) is 0 Å². The van der Waals surface area contributed by atoms with E-state index in [1.807, 2.05) is 0 Å². The summed E-state index contributed by atoms with van der Waals surface area (Å²) in [6.07, 6.45) is 7.25. The molecule has 0 atom stereocenters. The molecule has 0 aliphatic carbocycles. The van der Waals surface area contributed by atoms with Gasteiger partial charge in [0.05, 0.1) is 0 Å². The van der Waals surface area contributed by atoms with E-state index in [-0.39, 0.29) is 58.8 Å². The number of hydrogen-bond donors (Lipinski definition) is 1. The standard InChI is InChI=1S/C12H24N2.CH3.K/c1-14-8-4-12(5-9-14)10-11-2-6-13-7-3-11;;/h11-13H,2-10H2,1H3;1H3;/q;-1;+1. The maximum absolute atomic E-state index is 3.45. The molecule has 0 amide bonds. The van der Waals surface area contributed by atoms with Crippen molar-refractivity contribution in [2.24, 2.45) is 11.8 Å². The second-order valence-electron chi connectivity index (χ2n) is 5.18. The molecule has 0 aromatic carbocycles. The number of piperidine rings is 2. The first-order chi connectivity index (χ1) is 6.84. The Balaban J connectivity index is 0.00000112. The molecule has 2 nitrogen and oxygen atoms in total. The van der Waals surface area contributed by atoms with Crippen LogP contribution in [0.2, 0.25) is 0 Å². The van der Waals surface area contributed by atoms with Crippen molar-refractivity contribution in [3.8, 4) is 0 Å². The molecule has 90 valence electrons. The predicted octanol–water partition coefficient (Wildman–Crippen LogP) is -0.828. The Morgan fingerprint density at radius 1 is 1.00 bits per heavy atom. The molecule has 1 N–H and O–H groups in total. The van der Waals surface area contributed by atoms with Crippen molar-refractivity contribution in [2.75, 3.05) is 33.2 Å². The number of nitrogens with one attached hydrogen (secondary N) is 1. The molecule has 2 aliphatic rings. The second-order valence-corrected chi connectivity index (χ2v) is 5.18. The smallest absolute Gasteiger partial charge is 0.358 e. The average Bonchev–Trinajstić information content (AvgIpc) is 2.23. The van der Waals surface area contributed by atoms with E-state index in [1.165, 1.54) is 58.3 Å². The van der Waals surface area contributed by atoms with Gasteiger partial charge in [-0.15, -0.1) is 0 Å². The van der Waals surface area contributed by atoms with Crippen LogP contribution in [0.15, 0.2) is 0 Å². The fourth-order valence-corrected chi connectivity index (χ4v) is 2.89. The van der Waals surface area contributed by atoms with Crippen molar-refractivity contribution in [3.05, 3.63) is 7.43 Å². The van der Waals surface area contributed by atoms with Crippen LogP contribution in [0.25, 0.3) is 0 Å². The third kappa shape index (κ3) is 5.94. The largest absolute Gasteiger partial charge is 1.00 e. The van der Waals surface area contributed by atoms with Crippen molar-refractivity contribution in [1.29, 1.82) is 0 Å². The summed E-state index contributed by atoms with van der Waals surface area (Å²) in [6, 6.07) is 0. The molecule has 0 spiro atoms. The van der Waals surface area contributed by atoms with Crippen LogP contribution >= 0.6 is 0 Å². The molecule has 2 rings (SSSR count). The molecule has 0 aromatic heterocycles. The van der Waals surface area contributed by atoms with Gasteiger partial charge in [-0.1, -0.05) is 0 Å². The van der Waals surface area contributed by atoms with Crippen LogP contribution < -0.4 is 56.7 Å². The molecular weight excluding hydrogens is 223 g/mol. The summed E-state index contributed by atoms with van der Waals surface area (Å²) in [7, 11) is 2.25. The van der Waals surface area contributed by atoms with Crippen LogP contribution in [0.4, 0.5) is 0 Å². The zero-order chi connectivity index (χ0) is 9.80. The van der Waals surface area contributed by atoms with E-state index in [4.69, 9.17) is 0 Å². The van der Waals surface area contributed by atoms with Gasteiger partial charge < -0.3 is 17.6 Å². The average molecular weight is 250 g/mol. The molecule has 0 radical (unpaired) electrons. The van der Waals surface area contributed by atoms with Gasteiger partial charge in [0, 0.05) is 0 Å². The van der Waals surface area contributed by atoms with Crippen molar-refractivity contribution < 1.29 is 51.4 Å². The third-order valence-electron chi connectivity index (χ3n) is 3.96. The first-order valence-electron chi connectivity index (χ1n) is 6.24. The summed E-state index contributed by atoms with van der Waals surface area (Å²) in [6.45, 7) is 5.18. The summed E-state index contributed by atoms with van der Waals surface area (Å²) in [5.41, 5.74) is 0. The second kappa shape index (κ2) is 9.48. The molecular formula is C13H27KN2. The van der Waals surface area contributed by atoms with Crippen LogP contribution in [-0.2, 0) is 0 Å². The molecule has 0 unspecified atom stereocenters. The van der Waals surface area contributed by atoms with Crippen molar-refractivity contribution in [3.63, 3.8) is 0 Å². The minimum atomic E-state index is 0. The Kier molecular flexibility index (Phi) is 10.4. The predicted molar refractivity (Wildman–Crippen MR) is 66.8 cm³/mol. The van der Waals surface area contributed by atoms with Crippen LogP contribution in [0.3, 0.4) is 0 Å². The van der Waals surface area contributed by atoms with Crippen LogP contribution in [0.1, 0.15) is 32.1 Å². The third-order valence-corrected chi connectivity index (χ3v) is 3.96. The van der Waals surface area contributed by atoms with Gasteiger partial charge >= 0.3 is 51.4 Å². The summed E-state index contributed by atoms with van der Waals surface area (Å²) in [5, 5.41) is 3.45. The zero-order valence-electron chi connectivity index (χ0n) is 11.5. The van der Waals surface area contributed by atoms with Gasteiger partial charge in [0.2, 0.25) is 0 Å². The van der Waals surface area contributed by atoms with E-state index in [0.717, 1.165) is 11.8 Å². The minimum Gasteiger partial charge on any atom is -0.358 e. The zero-order valence-corrected chi connectivity index (χ0v) is 14.6. The summed E-state index contributed by atoms with van der Waals surface area (Å²) in [4.78, 5) is 2.47. The van der Waals surface area contributed by atoms with Gasteiger partial charge in [-0.05, 0) is 77.2 Å². The van der Waals surface area contributed by atoms with Crippen molar-refractivity contribution in [1.82, 2.24) is 10.2 Å². The van der Waals surface area contributed by atoms with Crippen LogP contribution in [0.5, 0.6) is 0 Å². The van der Waals surface area contributed by atoms with Gasteiger partial charge in [-0.3, -0.25) is 0 Å². The normalized spacial score (nSPS) is 24.6. The molecule has 2 aliphatic heterocycles. The van der Waals surface area contributed by atoms with Gasteiger partial charge in [-0.2, -0.15) is 0 Å². The molecule has 3 heteroatoms. The maximum Gasteiger partial charge on any atom is 1.00 e. The van der Waals surface area contributed by atoms with E-state index in [2.05, 4.69) is 17.3 Å². The molecule has 2 fully saturated rings. The molecule has 16 heavy (non-hydrogen) atoms. The van der Waals surface area contributed by atoms with Crippen LogP contribution in [0, 0.1) is 19.3 Å². The Morgan fingerprint density at radius 3 is 2.06 bits per heavy atom. The fraction of sp³-hybridized carbons (Fsp3) is 0.923. The first kappa shape index (κ1) is 17.6. The molecule has 0 saturated carbocycles. The van der Waals surface area contributed by atoms with Crippen molar-refractivity contribution >= 4 is 0 Å². The SMILES string of the molecule is CN1CCC(CC2CCNCC2)CC1.[CH3-].[K+]. The van der Waals surface area contributed by atoms with E-state index >= 15 is 0 Å². The van der Waals surface area contributed by atoms with Crippen molar-refractivity contribution in [2.45, 2.75) is 32.1 Å². The fourth-order valence-electron chi connectivity index (χ4n) is 2.89. The number of rotatable bonds is 2. The number of likely N-dealkylation sites (tertiary alicyclic amines) is 1. The van der Waals surface area contributed by atoms with Gasteiger partial charge in [-0.25, -0.2) is 0 Å². The topological polar surface area (TPSA) is 15.3 Å². The van der Waals surface area contributed by atoms with E-state index < -0.39 is 0 Å². The first-order valence-corrected chi connectivity index (χ1v) is 6.24. The van der Waals surface area contributed by atoms with Gasteiger partial charge in [0.1, 0.15) is 0 Å². The van der Waals surface area contributed by atoms with Gasteiger partial charge in [0.25, 0.3) is 0 Å². The van der Waals surface area contributed by atoms with E-state index in [9.17, 15) is 0 Å². The summed E-state index contributed by atoms with van der Waals surface area (Å²) >= 11 is 0.